The first-order valence-corrected chi connectivity index (χ1v) is 8.50. The van der Waals surface area contributed by atoms with Crippen LogP contribution in [0.2, 0.25) is 0 Å². The number of carbonyl (C=O) groups is 2. The molecule has 0 saturated heterocycles. The Hall–Kier alpha value is -1.75. The third kappa shape index (κ3) is 3.35. The van der Waals surface area contributed by atoms with Crippen LogP contribution in [-0.2, 0) is 14.3 Å². The molecule has 1 aliphatic heterocycles. The van der Waals surface area contributed by atoms with Gasteiger partial charge >= 0.3 is 5.97 Å². The van der Waals surface area contributed by atoms with Crippen LogP contribution in [0.15, 0.2) is 41.7 Å². The lowest BCUT2D eigenvalue weighted by atomic mass is 9.91. The molecule has 0 amide bonds. The molecule has 0 bridgehead atoms. The van der Waals surface area contributed by atoms with Gasteiger partial charge in [-0.15, -0.1) is 0 Å². The third-order valence-corrected chi connectivity index (χ3v) is 4.90. The van der Waals surface area contributed by atoms with E-state index in [9.17, 15) is 14.7 Å². The van der Waals surface area contributed by atoms with Gasteiger partial charge in [0.1, 0.15) is 5.57 Å². The van der Waals surface area contributed by atoms with Gasteiger partial charge in [-0.2, -0.15) is 11.8 Å². The van der Waals surface area contributed by atoms with Crippen LogP contribution in [0.1, 0.15) is 31.7 Å². The van der Waals surface area contributed by atoms with Crippen LogP contribution in [0.4, 0.5) is 0 Å². The fraction of sp³-hybridized carbons (Fsp3) is 0.412. The summed E-state index contributed by atoms with van der Waals surface area (Å²) < 4.78 is 5.17. The number of ether oxygens (including phenoxy) is 1. The Kier molecular flexibility index (Phi) is 5.29. The zero-order chi connectivity index (χ0) is 16.3. The molecule has 1 aromatic rings. The lowest BCUT2D eigenvalue weighted by Gasteiger charge is -2.14. The smallest absolute Gasteiger partial charge is 0.346 e. The van der Waals surface area contributed by atoms with Crippen LogP contribution < -0.4 is 0 Å². The van der Waals surface area contributed by atoms with Gasteiger partial charge in [0.15, 0.2) is 17.6 Å². The van der Waals surface area contributed by atoms with Crippen molar-refractivity contribution >= 4 is 23.5 Å². The van der Waals surface area contributed by atoms with Crippen molar-refractivity contribution in [2.24, 2.45) is 0 Å². The van der Waals surface area contributed by atoms with E-state index in [2.05, 4.69) is 0 Å². The van der Waals surface area contributed by atoms with Gasteiger partial charge in [-0.3, -0.25) is 4.79 Å². The van der Waals surface area contributed by atoms with E-state index in [1.54, 1.807) is 18.7 Å². The predicted octanol–water partition coefficient (Wildman–Crippen LogP) is 3.24. The number of benzene rings is 1. The molecule has 118 valence electrons. The van der Waals surface area contributed by atoms with Crippen LogP contribution in [0.25, 0.3) is 0 Å². The van der Waals surface area contributed by atoms with Gasteiger partial charge in [-0.25, -0.2) is 4.79 Å². The van der Waals surface area contributed by atoms with E-state index < -0.39 is 23.8 Å². The number of rotatable bonds is 6. The van der Waals surface area contributed by atoms with Gasteiger partial charge < -0.3 is 9.84 Å². The molecule has 1 aliphatic rings. The molecule has 0 saturated carbocycles. The molecule has 0 radical (unpaired) electrons. The molecule has 4 nitrogen and oxygen atoms in total. The van der Waals surface area contributed by atoms with Crippen LogP contribution >= 0.6 is 11.8 Å². The van der Waals surface area contributed by atoms with Crippen molar-refractivity contribution < 1.29 is 19.4 Å². The number of Topliss-reactive ketones (excluding diaryl/α,β-unsaturated/α-hetero) is 1. The maximum atomic E-state index is 12.5. The number of hydrogen-bond donors (Lipinski definition) is 1. The highest BCUT2D eigenvalue weighted by atomic mass is 32.2. The van der Waals surface area contributed by atoms with Crippen LogP contribution in [0.5, 0.6) is 0 Å². The fourth-order valence-corrected chi connectivity index (χ4v) is 2.77. The molecule has 1 N–H and O–H groups in total. The monoisotopic (exact) mass is 320 g/mol. The summed E-state index contributed by atoms with van der Waals surface area (Å²) in [6, 6.07) is 9.19. The number of thioether (sulfide) groups is 1. The summed E-state index contributed by atoms with van der Waals surface area (Å²) in [6.07, 6.45) is 1.73. The van der Waals surface area contributed by atoms with Crippen LogP contribution in [0, 0.1) is 0 Å². The average molecular weight is 320 g/mol. The van der Waals surface area contributed by atoms with E-state index in [1.807, 2.05) is 43.5 Å². The van der Waals surface area contributed by atoms with Gasteiger partial charge in [0, 0.05) is 17.6 Å². The molecule has 2 rings (SSSR count). The average Bonchev–Trinajstić information content (AvgIpc) is 2.80. The van der Waals surface area contributed by atoms with Crippen LogP contribution in [-0.4, -0.2) is 34.5 Å². The lowest BCUT2D eigenvalue weighted by Crippen LogP contribution is -2.17. The summed E-state index contributed by atoms with van der Waals surface area (Å²) >= 11 is 1.62. The minimum atomic E-state index is -0.719. The number of carbonyl (C=O) groups excluding carboxylic acids is 2. The highest BCUT2D eigenvalue weighted by Crippen LogP contribution is 2.30. The number of cyclic esters (lactones) is 1. The molecule has 22 heavy (non-hydrogen) atoms. The summed E-state index contributed by atoms with van der Waals surface area (Å²) in [6.45, 7) is 3.71. The maximum Gasteiger partial charge on any atom is 0.346 e. The summed E-state index contributed by atoms with van der Waals surface area (Å²) in [5, 5.41) is 10.5. The van der Waals surface area contributed by atoms with E-state index >= 15 is 0 Å². The first-order valence-electron chi connectivity index (χ1n) is 7.21. The van der Waals surface area contributed by atoms with E-state index in [0.717, 1.165) is 5.56 Å². The number of ketones is 1. The Morgan fingerprint density at radius 1 is 1.32 bits per heavy atom. The Balaban J connectivity index is 2.22. The quantitative estimate of drug-likeness (QED) is 0.644. The zero-order valence-electron chi connectivity index (χ0n) is 12.9. The van der Waals surface area contributed by atoms with Crippen molar-refractivity contribution in [3.05, 3.63) is 47.2 Å². The van der Waals surface area contributed by atoms with E-state index in [-0.39, 0.29) is 16.6 Å². The highest BCUT2D eigenvalue weighted by Gasteiger charge is 2.40. The van der Waals surface area contributed by atoms with Gasteiger partial charge in [0.05, 0.1) is 0 Å². The van der Waals surface area contributed by atoms with Gasteiger partial charge in [0.25, 0.3) is 0 Å². The minimum absolute atomic E-state index is 0.199. The van der Waals surface area contributed by atoms with Crippen LogP contribution in [0.3, 0.4) is 0 Å². The number of aliphatic hydroxyl groups is 1. The van der Waals surface area contributed by atoms with E-state index in [0.29, 0.717) is 6.42 Å². The zero-order valence-corrected chi connectivity index (χ0v) is 13.7. The summed E-state index contributed by atoms with van der Waals surface area (Å²) in [5.41, 5.74) is 0.608. The molecular formula is C17H20O4S. The maximum absolute atomic E-state index is 12.5. The second kappa shape index (κ2) is 7.01. The minimum Gasteiger partial charge on any atom is -0.507 e. The standard InChI is InChI=1S/C17H20O4S/c1-10(22-3)9-13-16(19)14(17(20)21-13)15(18)11(2)12-7-5-4-6-8-12/h4-8,10-11,13,19H,9H2,1-3H3. The molecule has 5 heteroatoms. The normalized spacial score (nSPS) is 20.7. The Morgan fingerprint density at radius 3 is 2.55 bits per heavy atom. The molecule has 3 unspecified atom stereocenters. The second-order valence-electron chi connectivity index (χ2n) is 5.43. The van der Waals surface area contributed by atoms with Crippen molar-refractivity contribution in [1.82, 2.24) is 0 Å². The molecule has 0 aliphatic carbocycles. The summed E-state index contributed by atoms with van der Waals surface area (Å²) in [7, 11) is 0. The van der Waals surface area contributed by atoms with Gasteiger partial charge in [-0.05, 0) is 11.8 Å². The molecule has 3 atom stereocenters. The van der Waals surface area contributed by atoms with Gasteiger partial charge in [0.2, 0.25) is 0 Å². The molecule has 0 fully saturated rings. The van der Waals surface area contributed by atoms with E-state index in [4.69, 9.17) is 4.74 Å². The van der Waals surface area contributed by atoms with Crippen molar-refractivity contribution in [3.8, 4) is 0 Å². The first kappa shape index (κ1) is 16.6. The fourth-order valence-electron chi connectivity index (χ4n) is 2.40. The number of aliphatic hydroxyl groups excluding tert-OH is 1. The molecule has 0 aromatic heterocycles. The predicted molar refractivity (Wildman–Crippen MR) is 87.0 cm³/mol. The molecule has 0 spiro atoms. The second-order valence-corrected chi connectivity index (χ2v) is 6.71. The first-order chi connectivity index (χ1) is 10.5. The largest absolute Gasteiger partial charge is 0.507 e. The lowest BCUT2D eigenvalue weighted by molar-refractivity contribution is -0.141. The molecular weight excluding hydrogens is 300 g/mol. The van der Waals surface area contributed by atoms with Gasteiger partial charge in [-0.1, -0.05) is 44.2 Å². The Bertz CT molecular complexity index is 594. The van der Waals surface area contributed by atoms with E-state index in [1.165, 1.54) is 0 Å². The van der Waals surface area contributed by atoms with Crippen molar-refractivity contribution in [3.63, 3.8) is 0 Å². The number of esters is 1. The van der Waals surface area contributed by atoms with Crippen molar-refractivity contribution in [2.75, 3.05) is 6.26 Å². The third-order valence-electron chi connectivity index (χ3n) is 3.90. The Labute approximate surface area is 134 Å². The number of hydrogen-bond acceptors (Lipinski definition) is 5. The topological polar surface area (TPSA) is 63.6 Å². The SMILES string of the molecule is CSC(C)CC1OC(=O)C(C(=O)C(C)c2ccccc2)=C1O. The molecule has 1 heterocycles. The van der Waals surface area contributed by atoms with Crippen molar-refractivity contribution in [2.45, 2.75) is 37.5 Å². The molecule has 1 aromatic carbocycles. The summed E-state index contributed by atoms with van der Waals surface area (Å²) in [5.74, 6) is -1.84. The van der Waals surface area contributed by atoms with Crippen molar-refractivity contribution in [1.29, 1.82) is 0 Å². The summed E-state index contributed by atoms with van der Waals surface area (Å²) in [4.78, 5) is 24.5. The highest BCUT2D eigenvalue weighted by molar-refractivity contribution is 7.99. The Morgan fingerprint density at radius 2 is 1.95 bits per heavy atom.